The summed E-state index contributed by atoms with van der Waals surface area (Å²) in [6, 6.07) is 5.59. The number of benzene rings is 1. The average Bonchev–Trinajstić information content (AvgIpc) is 2.78. The highest BCUT2D eigenvalue weighted by molar-refractivity contribution is 5.97. The second kappa shape index (κ2) is 10.6. The van der Waals surface area contributed by atoms with Crippen LogP contribution in [0.4, 0.5) is 0 Å². The van der Waals surface area contributed by atoms with Crippen LogP contribution in [-0.2, 0) is 17.7 Å². The Hall–Kier alpha value is -2.25. The Labute approximate surface area is 190 Å². The number of nitrogens with one attached hydrogen (secondary N) is 1. The molecule has 4 rings (SSSR count). The van der Waals surface area contributed by atoms with Crippen LogP contribution in [-0.4, -0.2) is 59.2 Å². The van der Waals surface area contributed by atoms with E-state index in [1.54, 1.807) is 18.2 Å². The molecule has 0 radical (unpaired) electrons. The lowest BCUT2D eigenvalue weighted by molar-refractivity contribution is 0.0124. The normalized spacial score (nSPS) is 18.7. The van der Waals surface area contributed by atoms with E-state index in [0.29, 0.717) is 35.0 Å². The summed E-state index contributed by atoms with van der Waals surface area (Å²) in [4.78, 5) is 33.2. The number of hydrogen-bond acceptors (Lipinski definition) is 5. The molecule has 1 amide bonds. The first-order chi connectivity index (χ1) is 15.5. The Morgan fingerprint density at radius 2 is 1.91 bits per heavy atom. The van der Waals surface area contributed by atoms with Crippen LogP contribution >= 0.6 is 0 Å². The molecule has 0 spiro atoms. The van der Waals surface area contributed by atoms with Crippen LogP contribution < -0.4 is 10.9 Å². The van der Waals surface area contributed by atoms with Gasteiger partial charge < -0.3 is 10.1 Å². The molecule has 2 aromatic rings. The summed E-state index contributed by atoms with van der Waals surface area (Å²) in [7, 11) is 0. The number of fused-ring (bicyclic) bond motifs is 2. The predicted molar refractivity (Wildman–Crippen MR) is 126 cm³/mol. The highest BCUT2D eigenvalue weighted by atomic mass is 16.5. The Morgan fingerprint density at radius 3 is 2.69 bits per heavy atom. The summed E-state index contributed by atoms with van der Waals surface area (Å²) in [5, 5.41) is 3.72. The average molecular weight is 441 g/mol. The summed E-state index contributed by atoms with van der Waals surface area (Å²) < 4.78 is 7.32. The fourth-order valence-corrected chi connectivity index (χ4v) is 4.90. The van der Waals surface area contributed by atoms with E-state index in [1.807, 2.05) is 4.57 Å². The Morgan fingerprint density at radius 1 is 1.12 bits per heavy atom. The molecule has 1 saturated heterocycles. The van der Waals surface area contributed by atoms with Gasteiger partial charge in [0.05, 0.1) is 24.1 Å². The molecular weight excluding hydrogens is 404 g/mol. The molecule has 1 atom stereocenters. The van der Waals surface area contributed by atoms with Crippen molar-refractivity contribution in [2.45, 2.75) is 65.0 Å². The standard InChI is InChI=1S/C25H36N4O3/c1-18(2)15-20(28-11-13-32-14-12-28)17-26-24(30)19-8-9-21-22(16-19)27-23-7-5-3-4-6-10-29(23)25(21)31/h8-9,16,18,20H,3-7,10-15,17H2,1-2H3,(H,26,30). The van der Waals surface area contributed by atoms with E-state index in [1.165, 1.54) is 6.42 Å². The maximum absolute atomic E-state index is 13.0. The molecule has 7 nitrogen and oxygen atoms in total. The molecule has 1 fully saturated rings. The first-order valence-corrected chi connectivity index (χ1v) is 12.2. The number of hydrogen-bond donors (Lipinski definition) is 1. The lowest BCUT2D eigenvalue weighted by Gasteiger charge is -2.35. The number of ether oxygens (including phenoxy) is 1. The van der Waals surface area contributed by atoms with E-state index >= 15 is 0 Å². The van der Waals surface area contributed by atoms with Crippen LogP contribution in [0, 0.1) is 5.92 Å². The van der Waals surface area contributed by atoms with Crippen molar-refractivity contribution in [2.24, 2.45) is 5.92 Å². The van der Waals surface area contributed by atoms with E-state index < -0.39 is 0 Å². The molecule has 2 aliphatic rings. The minimum atomic E-state index is -0.109. The Bertz CT molecular complexity index is 995. The topological polar surface area (TPSA) is 76.5 Å². The van der Waals surface area contributed by atoms with Crippen LogP contribution in [0.1, 0.15) is 62.1 Å². The third-order valence-corrected chi connectivity index (χ3v) is 6.63. The summed E-state index contributed by atoms with van der Waals surface area (Å²) >= 11 is 0. The van der Waals surface area contributed by atoms with Crippen LogP contribution in [0.15, 0.2) is 23.0 Å². The van der Waals surface area contributed by atoms with Gasteiger partial charge in [0.25, 0.3) is 11.5 Å². The van der Waals surface area contributed by atoms with Gasteiger partial charge in [0.1, 0.15) is 5.82 Å². The van der Waals surface area contributed by atoms with Crippen molar-refractivity contribution in [3.63, 3.8) is 0 Å². The number of aromatic nitrogens is 2. The highest BCUT2D eigenvalue weighted by Gasteiger charge is 2.23. The van der Waals surface area contributed by atoms with Gasteiger partial charge in [-0.25, -0.2) is 4.98 Å². The summed E-state index contributed by atoms with van der Waals surface area (Å²) in [5.74, 6) is 1.30. The molecule has 174 valence electrons. The third kappa shape index (κ3) is 5.38. The minimum absolute atomic E-state index is 0.0168. The lowest BCUT2D eigenvalue weighted by Crippen LogP contribution is -2.49. The van der Waals surface area contributed by atoms with Crippen molar-refractivity contribution in [2.75, 3.05) is 32.8 Å². The summed E-state index contributed by atoms with van der Waals surface area (Å²) in [6.45, 7) is 9.08. The molecule has 2 aliphatic heterocycles. The summed E-state index contributed by atoms with van der Waals surface area (Å²) in [5.41, 5.74) is 1.20. The van der Waals surface area contributed by atoms with Crippen molar-refractivity contribution in [3.05, 3.63) is 39.9 Å². The van der Waals surface area contributed by atoms with Gasteiger partial charge in [-0.3, -0.25) is 19.1 Å². The molecular formula is C25H36N4O3. The van der Waals surface area contributed by atoms with E-state index in [4.69, 9.17) is 9.72 Å². The fourth-order valence-electron chi connectivity index (χ4n) is 4.90. The van der Waals surface area contributed by atoms with Crippen LogP contribution in [0.2, 0.25) is 0 Å². The van der Waals surface area contributed by atoms with Crippen LogP contribution in [0.3, 0.4) is 0 Å². The minimum Gasteiger partial charge on any atom is -0.379 e. The molecule has 7 heteroatoms. The second-order valence-electron chi connectivity index (χ2n) is 9.52. The van der Waals surface area contributed by atoms with Gasteiger partial charge in [0, 0.05) is 44.2 Å². The fraction of sp³-hybridized carbons (Fsp3) is 0.640. The molecule has 1 unspecified atom stereocenters. The van der Waals surface area contributed by atoms with E-state index in [2.05, 4.69) is 24.1 Å². The maximum Gasteiger partial charge on any atom is 0.261 e. The van der Waals surface area contributed by atoms with Gasteiger partial charge in [-0.15, -0.1) is 0 Å². The molecule has 0 aliphatic carbocycles. The van der Waals surface area contributed by atoms with E-state index in [0.717, 1.165) is 70.8 Å². The van der Waals surface area contributed by atoms with Gasteiger partial charge in [-0.1, -0.05) is 26.7 Å². The smallest absolute Gasteiger partial charge is 0.261 e. The van der Waals surface area contributed by atoms with Crippen molar-refractivity contribution >= 4 is 16.8 Å². The number of amides is 1. The van der Waals surface area contributed by atoms with Crippen molar-refractivity contribution in [3.8, 4) is 0 Å². The van der Waals surface area contributed by atoms with Gasteiger partial charge in [-0.05, 0) is 43.4 Å². The summed E-state index contributed by atoms with van der Waals surface area (Å²) in [6.07, 6.45) is 6.25. The third-order valence-electron chi connectivity index (χ3n) is 6.63. The van der Waals surface area contributed by atoms with Crippen LogP contribution in [0.25, 0.3) is 10.9 Å². The molecule has 32 heavy (non-hydrogen) atoms. The number of carbonyl (C=O) groups excluding carboxylic acids is 1. The predicted octanol–water partition coefficient (Wildman–Crippen LogP) is 2.99. The van der Waals surface area contributed by atoms with Crippen LogP contribution in [0.5, 0.6) is 0 Å². The lowest BCUT2D eigenvalue weighted by atomic mass is 10.0. The van der Waals surface area contributed by atoms with E-state index in [9.17, 15) is 9.59 Å². The number of morpholine rings is 1. The molecule has 3 heterocycles. The highest BCUT2D eigenvalue weighted by Crippen LogP contribution is 2.17. The molecule has 1 N–H and O–H groups in total. The maximum atomic E-state index is 13.0. The monoisotopic (exact) mass is 440 g/mol. The Kier molecular flexibility index (Phi) is 7.58. The zero-order valence-electron chi connectivity index (χ0n) is 19.4. The number of rotatable bonds is 6. The quantitative estimate of drug-likeness (QED) is 0.747. The second-order valence-corrected chi connectivity index (χ2v) is 9.52. The first-order valence-electron chi connectivity index (χ1n) is 12.2. The van der Waals surface area contributed by atoms with Gasteiger partial charge in [0.2, 0.25) is 0 Å². The van der Waals surface area contributed by atoms with Crippen molar-refractivity contribution in [1.29, 1.82) is 0 Å². The zero-order valence-corrected chi connectivity index (χ0v) is 19.4. The van der Waals surface area contributed by atoms with Gasteiger partial charge >= 0.3 is 0 Å². The molecule has 0 bridgehead atoms. The van der Waals surface area contributed by atoms with Gasteiger partial charge in [-0.2, -0.15) is 0 Å². The molecule has 1 aromatic heterocycles. The van der Waals surface area contributed by atoms with Crippen molar-refractivity contribution in [1.82, 2.24) is 19.8 Å². The number of nitrogens with zero attached hydrogens (tertiary/aromatic N) is 3. The van der Waals surface area contributed by atoms with Crippen molar-refractivity contribution < 1.29 is 9.53 Å². The van der Waals surface area contributed by atoms with Gasteiger partial charge in [0.15, 0.2) is 0 Å². The number of aryl methyl sites for hydroxylation is 1. The molecule has 0 saturated carbocycles. The SMILES string of the molecule is CC(C)CC(CNC(=O)c1ccc2c(=O)n3c(nc2c1)CCCCCC3)N1CCOCC1. The zero-order chi connectivity index (χ0) is 22.5. The number of carbonyl (C=O) groups is 1. The largest absolute Gasteiger partial charge is 0.379 e. The van der Waals surface area contributed by atoms with E-state index in [-0.39, 0.29) is 11.5 Å². The molecule has 1 aromatic carbocycles. The Balaban J connectivity index is 1.51. The first kappa shape index (κ1) is 22.9.